The molecule has 0 atom stereocenters. The molecule has 0 saturated carbocycles. The minimum absolute atomic E-state index is 0.146. The number of rotatable bonds is 6. The summed E-state index contributed by atoms with van der Waals surface area (Å²) in [5.41, 5.74) is 0. The average Bonchev–Trinajstić information content (AvgIpc) is 3.05. The number of amides is 2. The number of carbonyl (C=O) groups is 1. The fraction of sp³-hybridized carbons (Fsp3) is 0.250. The third-order valence-corrected chi connectivity index (χ3v) is 4.12. The lowest BCUT2D eigenvalue weighted by atomic mass is 10.6. The van der Waals surface area contributed by atoms with Gasteiger partial charge in [0.2, 0.25) is 17.7 Å². The molecule has 2 aromatic rings. The lowest BCUT2D eigenvalue weighted by Gasteiger charge is -2.19. The first-order valence-electron chi connectivity index (χ1n) is 6.53. The van der Waals surface area contributed by atoms with Crippen LogP contribution in [-0.2, 0) is 10.2 Å². The van der Waals surface area contributed by atoms with Crippen LogP contribution in [0, 0.1) is 0 Å². The molecule has 0 saturated heterocycles. The van der Waals surface area contributed by atoms with Crippen LogP contribution in [-0.4, -0.2) is 54.7 Å². The number of hydrogen-bond acceptors (Lipinski definition) is 7. The largest absolute Gasteiger partial charge is 0.481 e. The number of urea groups is 1. The highest BCUT2D eigenvalue weighted by atomic mass is 32.2. The Morgan fingerprint density at radius 1 is 1.17 bits per heavy atom. The highest BCUT2D eigenvalue weighted by Gasteiger charge is 2.24. The summed E-state index contributed by atoms with van der Waals surface area (Å²) in [7, 11) is -0.276. The number of anilines is 1. The van der Waals surface area contributed by atoms with E-state index in [-0.39, 0.29) is 17.7 Å². The first-order valence-corrected chi connectivity index (χ1v) is 7.97. The Balaban J connectivity index is 2.14. The van der Waals surface area contributed by atoms with Crippen LogP contribution < -0.4 is 19.6 Å². The van der Waals surface area contributed by atoms with E-state index in [0.29, 0.717) is 4.31 Å². The van der Waals surface area contributed by atoms with Crippen molar-refractivity contribution in [3.05, 3.63) is 30.6 Å². The molecule has 2 aromatic heterocycles. The van der Waals surface area contributed by atoms with Crippen molar-refractivity contribution in [2.75, 3.05) is 31.4 Å². The fourth-order valence-electron chi connectivity index (χ4n) is 1.54. The van der Waals surface area contributed by atoms with Crippen LogP contribution in [0.15, 0.2) is 30.6 Å². The van der Waals surface area contributed by atoms with Crippen molar-refractivity contribution < 1.29 is 22.7 Å². The molecule has 2 heterocycles. The summed E-state index contributed by atoms with van der Waals surface area (Å²) in [6, 6.07) is 3.69. The van der Waals surface area contributed by atoms with E-state index < -0.39 is 16.2 Å². The molecular formula is C12H16N6O5S. The Morgan fingerprint density at radius 2 is 1.71 bits per heavy atom. The first kappa shape index (κ1) is 17.3. The maximum atomic E-state index is 12.1. The zero-order chi connectivity index (χ0) is 17.7. The van der Waals surface area contributed by atoms with Gasteiger partial charge < -0.3 is 9.47 Å². The third kappa shape index (κ3) is 4.04. The van der Waals surface area contributed by atoms with Crippen molar-refractivity contribution in [3.63, 3.8) is 0 Å². The maximum absolute atomic E-state index is 12.1. The molecule has 0 aliphatic rings. The second-order valence-electron chi connectivity index (χ2n) is 4.36. The SMILES string of the molecule is COc1cc(OC)nc(NC(=O)N(C)S(=O)(=O)Nn2cccc2)n1. The van der Waals surface area contributed by atoms with Gasteiger partial charge in [0, 0.05) is 19.4 Å². The molecule has 0 bridgehead atoms. The molecule has 0 aliphatic heterocycles. The summed E-state index contributed by atoms with van der Waals surface area (Å²) in [6.07, 6.45) is 2.94. The van der Waals surface area contributed by atoms with Gasteiger partial charge in [-0.25, -0.2) is 13.9 Å². The summed E-state index contributed by atoms with van der Waals surface area (Å²) in [6.45, 7) is 0. The van der Waals surface area contributed by atoms with Crippen molar-refractivity contribution in [3.8, 4) is 11.8 Å². The summed E-state index contributed by atoms with van der Waals surface area (Å²) < 4.78 is 35.8. The van der Waals surface area contributed by atoms with E-state index in [1.54, 1.807) is 12.1 Å². The van der Waals surface area contributed by atoms with Crippen LogP contribution in [0.2, 0.25) is 0 Å². The highest BCUT2D eigenvalue weighted by molar-refractivity contribution is 7.90. The van der Waals surface area contributed by atoms with Crippen molar-refractivity contribution >= 4 is 22.2 Å². The van der Waals surface area contributed by atoms with Crippen LogP contribution in [0.25, 0.3) is 0 Å². The number of carbonyl (C=O) groups excluding carboxylic acids is 1. The van der Waals surface area contributed by atoms with Crippen LogP contribution in [0.1, 0.15) is 0 Å². The van der Waals surface area contributed by atoms with E-state index in [1.165, 1.54) is 37.4 Å². The molecule has 2 N–H and O–H groups in total. The molecule has 2 amide bonds. The number of ether oxygens (including phenoxy) is 2. The van der Waals surface area contributed by atoms with Crippen molar-refractivity contribution in [2.24, 2.45) is 0 Å². The van der Waals surface area contributed by atoms with Gasteiger partial charge in [-0.3, -0.25) is 9.99 Å². The summed E-state index contributed by atoms with van der Waals surface area (Å²) in [5, 5.41) is 2.25. The standard InChI is InChI=1S/C12H16N6O5S/c1-17(24(20,21)16-18-6-4-5-7-18)12(19)15-11-13-9(22-2)8-10(14-11)23-3/h4-8,16H,1-3H3,(H,13,14,15,19). The molecule has 0 spiro atoms. The number of methoxy groups -OCH3 is 2. The summed E-state index contributed by atoms with van der Waals surface area (Å²) in [4.78, 5) is 22.1. The van der Waals surface area contributed by atoms with Crippen LogP contribution in [0.4, 0.5) is 10.7 Å². The fourth-order valence-corrected chi connectivity index (χ4v) is 2.32. The van der Waals surface area contributed by atoms with E-state index in [9.17, 15) is 13.2 Å². The van der Waals surface area contributed by atoms with Gasteiger partial charge >= 0.3 is 16.2 Å². The molecule has 12 heteroatoms. The van der Waals surface area contributed by atoms with Crippen molar-refractivity contribution in [2.45, 2.75) is 0 Å². The van der Waals surface area contributed by atoms with Gasteiger partial charge in [-0.05, 0) is 12.1 Å². The van der Waals surface area contributed by atoms with Gasteiger partial charge in [-0.1, -0.05) is 0 Å². The Labute approximate surface area is 138 Å². The second kappa shape index (κ2) is 7.04. The third-order valence-electron chi connectivity index (χ3n) is 2.79. The van der Waals surface area contributed by atoms with E-state index in [1.807, 2.05) is 0 Å². The quantitative estimate of drug-likeness (QED) is 0.759. The van der Waals surface area contributed by atoms with E-state index >= 15 is 0 Å². The van der Waals surface area contributed by atoms with E-state index in [0.717, 1.165) is 7.05 Å². The second-order valence-corrected chi connectivity index (χ2v) is 6.04. The molecule has 0 radical (unpaired) electrons. The maximum Gasteiger partial charge on any atom is 0.340 e. The molecule has 0 aromatic carbocycles. The van der Waals surface area contributed by atoms with Crippen LogP contribution in [0.5, 0.6) is 11.8 Å². The van der Waals surface area contributed by atoms with E-state index in [4.69, 9.17) is 9.47 Å². The lowest BCUT2D eigenvalue weighted by molar-refractivity contribution is 0.240. The smallest absolute Gasteiger partial charge is 0.340 e. The Hall–Kier alpha value is -3.02. The molecule has 0 unspecified atom stereocenters. The minimum atomic E-state index is -4.12. The Kier molecular flexibility index (Phi) is 5.08. The van der Waals surface area contributed by atoms with Gasteiger partial charge in [0.25, 0.3) is 0 Å². The number of nitrogens with zero attached hydrogens (tertiary/aromatic N) is 4. The normalized spacial score (nSPS) is 10.8. The Morgan fingerprint density at radius 3 is 2.21 bits per heavy atom. The van der Waals surface area contributed by atoms with Gasteiger partial charge in [0.1, 0.15) is 0 Å². The molecule has 24 heavy (non-hydrogen) atoms. The molecule has 0 fully saturated rings. The molecule has 11 nitrogen and oxygen atoms in total. The van der Waals surface area contributed by atoms with Gasteiger partial charge in [-0.15, -0.1) is 0 Å². The monoisotopic (exact) mass is 356 g/mol. The lowest BCUT2D eigenvalue weighted by Crippen LogP contribution is -2.42. The average molecular weight is 356 g/mol. The van der Waals surface area contributed by atoms with Gasteiger partial charge in [-0.2, -0.15) is 18.4 Å². The minimum Gasteiger partial charge on any atom is -0.481 e. The predicted octanol–water partition coefficient (Wildman–Crippen LogP) is 0.247. The summed E-state index contributed by atoms with van der Waals surface area (Å²) >= 11 is 0. The van der Waals surface area contributed by atoms with Gasteiger partial charge in [0.05, 0.1) is 20.3 Å². The zero-order valence-electron chi connectivity index (χ0n) is 13.1. The molecular weight excluding hydrogens is 340 g/mol. The number of hydrogen-bond donors (Lipinski definition) is 2. The van der Waals surface area contributed by atoms with Gasteiger partial charge in [0.15, 0.2) is 0 Å². The van der Waals surface area contributed by atoms with Crippen LogP contribution in [0.3, 0.4) is 0 Å². The molecule has 0 aliphatic carbocycles. The predicted molar refractivity (Wildman–Crippen MR) is 84.6 cm³/mol. The molecule has 130 valence electrons. The van der Waals surface area contributed by atoms with E-state index in [2.05, 4.69) is 20.1 Å². The summed E-state index contributed by atoms with van der Waals surface area (Å²) in [5.74, 6) is 0.125. The number of aromatic nitrogens is 3. The molecule has 2 rings (SSSR count). The van der Waals surface area contributed by atoms with Crippen molar-refractivity contribution in [1.29, 1.82) is 0 Å². The topological polar surface area (TPSA) is 128 Å². The highest BCUT2D eigenvalue weighted by Crippen LogP contribution is 2.17. The zero-order valence-corrected chi connectivity index (χ0v) is 13.9. The first-order chi connectivity index (χ1) is 11.4. The Bertz CT molecular complexity index is 785. The van der Waals surface area contributed by atoms with Crippen molar-refractivity contribution in [1.82, 2.24) is 18.9 Å². The van der Waals surface area contributed by atoms with Crippen LogP contribution >= 0.6 is 0 Å². The number of nitrogens with one attached hydrogen (secondary N) is 2.